The summed E-state index contributed by atoms with van der Waals surface area (Å²) in [4.78, 5) is 26.3. The van der Waals surface area contributed by atoms with Crippen LogP contribution in [-0.2, 0) is 21.2 Å². The van der Waals surface area contributed by atoms with Crippen molar-refractivity contribution in [3.63, 3.8) is 0 Å². The molecule has 0 spiro atoms. The monoisotopic (exact) mass is 446 g/mol. The number of hydrogen-bond acceptors (Lipinski definition) is 6. The highest BCUT2D eigenvalue weighted by molar-refractivity contribution is 7.92. The van der Waals surface area contributed by atoms with E-state index in [1.54, 1.807) is 6.07 Å². The Labute approximate surface area is 181 Å². The third-order valence-corrected chi connectivity index (χ3v) is 7.77. The van der Waals surface area contributed by atoms with Crippen molar-refractivity contribution in [3.8, 4) is 16.9 Å². The minimum absolute atomic E-state index is 0.0584. The summed E-state index contributed by atoms with van der Waals surface area (Å²) in [5.41, 5.74) is 4.76. The van der Waals surface area contributed by atoms with E-state index in [4.69, 9.17) is 9.94 Å². The second-order valence-corrected chi connectivity index (χ2v) is 10.2. The number of hydrogen-bond donors (Lipinski definition) is 2. The largest absolute Gasteiger partial charge is 0.494 e. The molecular weight excluding hydrogens is 420 g/mol. The number of benzene rings is 2. The number of hydroxylamine groups is 1. The summed E-state index contributed by atoms with van der Waals surface area (Å²) in [5, 5.41) is 8.95. The first-order chi connectivity index (χ1) is 14.6. The van der Waals surface area contributed by atoms with Gasteiger partial charge in [0.2, 0.25) is 0 Å². The molecule has 0 radical (unpaired) electrons. The zero-order chi connectivity index (χ0) is 22.8. The summed E-state index contributed by atoms with van der Waals surface area (Å²) in [6, 6.07) is 13.3. The lowest BCUT2D eigenvalue weighted by Gasteiger charge is -2.27. The molecule has 0 aliphatic carbocycles. The van der Waals surface area contributed by atoms with Crippen molar-refractivity contribution in [1.29, 1.82) is 0 Å². The summed E-state index contributed by atoms with van der Waals surface area (Å²) in [6.07, 6.45) is 0.801. The molecule has 0 fully saturated rings. The predicted octanol–water partition coefficient (Wildman–Crippen LogP) is 2.41. The summed E-state index contributed by atoms with van der Waals surface area (Å²) in [6.45, 7) is 4.13. The highest BCUT2D eigenvalue weighted by Gasteiger charge is 2.44. The zero-order valence-electron chi connectivity index (χ0n) is 17.7. The summed E-state index contributed by atoms with van der Waals surface area (Å²) in [7, 11) is -3.82. The van der Waals surface area contributed by atoms with Crippen molar-refractivity contribution >= 4 is 21.7 Å². The molecule has 0 bridgehead atoms. The number of carbonyl (C=O) groups excluding carboxylic acids is 2. The summed E-state index contributed by atoms with van der Waals surface area (Å²) in [5.74, 6) is -0.444. The molecule has 1 heterocycles. The Morgan fingerprint density at radius 3 is 2.42 bits per heavy atom. The molecule has 2 amide bonds. The fourth-order valence-electron chi connectivity index (χ4n) is 3.59. The second-order valence-electron chi connectivity index (χ2n) is 7.75. The molecule has 8 nitrogen and oxygen atoms in total. The van der Waals surface area contributed by atoms with Crippen LogP contribution in [0.2, 0.25) is 0 Å². The van der Waals surface area contributed by atoms with Gasteiger partial charge in [-0.3, -0.25) is 14.8 Å². The van der Waals surface area contributed by atoms with Gasteiger partial charge in [-0.2, -0.15) is 0 Å². The van der Waals surface area contributed by atoms with Gasteiger partial charge in [-0.05, 0) is 61.2 Å². The Kier molecular flexibility index (Phi) is 6.38. The molecule has 1 aliphatic rings. The Hall–Kier alpha value is -2.91. The molecule has 1 aliphatic heterocycles. The molecular formula is C22H26N2O6S. The van der Waals surface area contributed by atoms with E-state index in [1.807, 2.05) is 43.3 Å². The summed E-state index contributed by atoms with van der Waals surface area (Å²) >= 11 is 0. The topological polar surface area (TPSA) is 113 Å². The molecule has 0 saturated heterocycles. The van der Waals surface area contributed by atoms with Crippen LogP contribution in [0, 0.1) is 0 Å². The third kappa shape index (κ3) is 4.42. The molecule has 2 N–H and O–H groups in total. The number of nitrogens with zero attached hydrogens (tertiary/aromatic N) is 1. The molecule has 166 valence electrons. The molecule has 31 heavy (non-hydrogen) atoms. The van der Waals surface area contributed by atoms with E-state index in [0.29, 0.717) is 18.7 Å². The van der Waals surface area contributed by atoms with Crippen molar-refractivity contribution in [2.24, 2.45) is 0 Å². The zero-order valence-corrected chi connectivity index (χ0v) is 18.5. The first-order valence-corrected chi connectivity index (χ1v) is 11.8. The van der Waals surface area contributed by atoms with Crippen LogP contribution < -0.4 is 10.2 Å². The van der Waals surface area contributed by atoms with Gasteiger partial charge in [0.1, 0.15) is 5.75 Å². The van der Waals surface area contributed by atoms with Crippen molar-refractivity contribution in [2.45, 2.75) is 31.6 Å². The Balaban J connectivity index is 1.77. The van der Waals surface area contributed by atoms with Crippen LogP contribution in [0.4, 0.5) is 0 Å². The van der Waals surface area contributed by atoms with Crippen molar-refractivity contribution < 1.29 is 28.0 Å². The Morgan fingerprint density at radius 2 is 1.84 bits per heavy atom. The normalized spacial score (nSPS) is 15.4. The molecule has 2 aromatic carbocycles. The highest BCUT2D eigenvalue weighted by Crippen LogP contribution is 2.31. The number of ether oxygens (including phenoxy) is 1. The fourth-order valence-corrected chi connectivity index (χ4v) is 4.43. The first-order valence-electron chi connectivity index (χ1n) is 9.90. The van der Waals surface area contributed by atoms with Gasteiger partial charge < -0.3 is 9.64 Å². The SMILES string of the molecule is CCOc1ccc(-c2ccc3c(c2)CN(CC[C@](C)(C(=O)NO)S(C)(=O)=O)C3=O)cc1. The van der Waals surface area contributed by atoms with Crippen LogP contribution in [0.5, 0.6) is 5.75 Å². The van der Waals surface area contributed by atoms with Gasteiger partial charge in [0.25, 0.3) is 11.8 Å². The van der Waals surface area contributed by atoms with E-state index in [9.17, 15) is 18.0 Å². The van der Waals surface area contributed by atoms with Crippen LogP contribution in [0.3, 0.4) is 0 Å². The minimum atomic E-state index is -3.82. The number of nitrogens with one attached hydrogen (secondary N) is 1. The van der Waals surface area contributed by atoms with Gasteiger partial charge in [-0.1, -0.05) is 18.2 Å². The van der Waals surface area contributed by atoms with Gasteiger partial charge in [-0.25, -0.2) is 13.9 Å². The van der Waals surface area contributed by atoms with Crippen LogP contribution in [0.15, 0.2) is 42.5 Å². The van der Waals surface area contributed by atoms with E-state index in [1.165, 1.54) is 17.3 Å². The second kappa shape index (κ2) is 8.68. The van der Waals surface area contributed by atoms with Gasteiger partial charge in [0, 0.05) is 24.9 Å². The average Bonchev–Trinajstić information content (AvgIpc) is 3.06. The highest BCUT2D eigenvalue weighted by atomic mass is 32.2. The minimum Gasteiger partial charge on any atom is -0.494 e. The number of fused-ring (bicyclic) bond motifs is 1. The molecule has 1 atom stereocenters. The van der Waals surface area contributed by atoms with Crippen molar-refractivity contribution in [3.05, 3.63) is 53.6 Å². The Bertz CT molecular complexity index is 1100. The number of amides is 2. The van der Waals surface area contributed by atoms with Gasteiger partial charge >= 0.3 is 0 Å². The average molecular weight is 447 g/mol. The maximum absolute atomic E-state index is 12.8. The molecule has 0 unspecified atom stereocenters. The smallest absolute Gasteiger partial charge is 0.264 e. The van der Waals surface area contributed by atoms with E-state index in [0.717, 1.165) is 28.7 Å². The number of sulfone groups is 1. The maximum Gasteiger partial charge on any atom is 0.264 e. The van der Waals surface area contributed by atoms with Crippen LogP contribution >= 0.6 is 0 Å². The van der Waals surface area contributed by atoms with Crippen molar-refractivity contribution in [1.82, 2.24) is 10.4 Å². The standard InChI is InChI=1S/C22H26N2O6S/c1-4-30-18-8-5-15(6-9-18)16-7-10-19-17(13-16)14-24(20(19)25)12-11-22(2,21(26)23-27)31(3,28)29/h5-10,13,27H,4,11-12,14H2,1-3H3,(H,23,26)/t22-/m1/s1. The third-order valence-electron chi connectivity index (χ3n) is 5.74. The van der Waals surface area contributed by atoms with Gasteiger partial charge in [-0.15, -0.1) is 0 Å². The molecule has 0 aromatic heterocycles. The number of rotatable bonds is 8. The lowest BCUT2D eigenvalue weighted by Crippen LogP contribution is -2.50. The van der Waals surface area contributed by atoms with Gasteiger partial charge in [0.05, 0.1) is 6.61 Å². The first kappa shape index (κ1) is 22.8. The molecule has 9 heteroatoms. The van der Waals surface area contributed by atoms with Crippen LogP contribution in [-0.4, -0.2) is 54.5 Å². The van der Waals surface area contributed by atoms with E-state index >= 15 is 0 Å². The van der Waals surface area contributed by atoms with E-state index < -0.39 is 20.5 Å². The van der Waals surface area contributed by atoms with E-state index in [-0.39, 0.29) is 18.9 Å². The quantitative estimate of drug-likeness (QED) is 0.476. The lowest BCUT2D eigenvalue weighted by atomic mass is 10.0. The number of carbonyl (C=O) groups is 2. The fraction of sp³-hybridized carbons (Fsp3) is 0.364. The van der Waals surface area contributed by atoms with Crippen LogP contribution in [0.25, 0.3) is 11.1 Å². The summed E-state index contributed by atoms with van der Waals surface area (Å²) < 4.78 is 27.9. The predicted molar refractivity (Wildman–Crippen MR) is 116 cm³/mol. The van der Waals surface area contributed by atoms with Gasteiger partial charge in [0.15, 0.2) is 14.6 Å². The van der Waals surface area contributed by atoms with E-state index in [2.05, 4.69) is 0 Å². The Morgan fingerprint density at radius 1 is 1.19 bits per heavy atom. The van der Waals surface area contributed by atoms with Crippen LogP contribution in [0.1, 0.15) is 36.2 Å². The van der Waals surface area contributed by atoms with Crippen molar-refractivity contribution in [2.75, 3.05) is 19.4 Å². The molecule has 3 rings (SSSR count). The molecule has 0 saturated carbocycles. The maximum atomic E-state index is 12.8. The lowest BCUT2D eigenvalue weighted by molar-refractivity contribution is -0.131. The molecule has 2 aromatic rings.